The van der Waals surface area contributed by atoms with Crippen LogP contribution in [0.15, 0.2) is 18.2 Å². The second-order valence-corrected chi connectivity index (χ2v) is 2.67. The summed E-state index contributed by atoms with van der Waals surface area (Å²) in [6.45, 7) is 6.38. The SMILES string of the molecule is Cc1cc(C)cc(C)c1.O.O. The van der Waals surface area contributed by atoms with Gasteiger partial charge in [-0.25, -0.2) is 0 Å². The molecule has 0 spiro atoms. The Morgan fingerprint density at radius 3 is 1.00 bits per heavy atom. The topological polar surface area (TPSA) is 63.0 Å². The molecule has 0 heterocycles. The minimum Gasteiger partial charge on any atom is -0.412 e. The molecule has 64 valence electrons. The molecule has 0 fully saturated rings. The molecule has 0 atom stereocenters. The zero-order valence-electron chi connectivity index (χ0n) is 7.23. The Morgan fingerprint density at radius 1 is 0.636 bits per heavy atom. The van der Waals surface area contributed by atoms with E-state index in [1.165, 1.54) is 16.7 Å². The summed E-state index contributed by atoms with van der Waals surface area (Å²) in [6.07, 6.45) is 0. The largest absolute Gasteiger partial charge is 0.412 e. The average Bonchev–Trinajstić information content (AvgIpc) is 1.59. The van der Waals surface area contributed by atoms with Crippen molar-refractivity contribution in [2.75, 3.05) is 0 Å². The Balaban J connectivity index is 0. The quantitative estimate of drug-likeness (QED) is 0.537. The van der Waals surface area contributed by atoms with Crippen LogP contribution in [0, 0.1) is 20.8 Å². The number of benzene rings is 1. The smallest absolute Gasteiger partial charge is 0.0398 e. The molecule has 0 amide bonds. The lowest BCUT2D eigenvalue weighted by molar-refractivity contribution is 0.823. The van der Waals surface area contributed by atoms with Gasteiger partial charge < -0.3 is 11.0 Å². The summed E-state index contributed by atoms with van der Waals surface area (Å²) >= 11 is 0. The number of aryl methyl sites for hydroxylation is 3. The zero-order chi connectivity index (χ0) is 6.85. The van der Waals surface area contributed by atoms with Gasteiger partial charge in [-0.05, 0) is 20.8 Å². The van der Waals surface area contributed by atoms with Gasteiger partial charge in [0.05, 0.1) is 0 Å². The van der Waals surface area contributed by atoms with E-state index in [0.717, 1.165) is 0 Å². The summed E-state index contributed by atoms with van der Waals surface area (Å²) < 4.78 is 0. The van der Waals surface area contributed by atoms with Crippen LogP contribution in [0.1, 0.15) is 16.7 Å². The average molecular weight is 156 g/mol. The minimum absolute atomic E-state index is 0. The predicted octanol–water partition coefficient (Wildman–Crippen LogP) is 0.962. The highest BCUT2D eigenvalue weighted by Crippen LogP contribution is 2.06. The Hall–Kier alpha value is -0.860. The van der Waals surface area contributed by atoms with Gasteiger partial charge in [-0.15, -0.1) is 0 Å². The summed E-state index contributed by atoms with van der Waals surface area (Å²) in [5.41, 5.74) is 4.06. The molecule has 0 aliphatic rings. The van der Waals surface area contributed by atoms with Crippen molar-refractivity contribution < 1.29 is 11.0 Å². The van der Waals surface area contributed by atoms with Crippen molar-refractivity contribution in [1.82, 2.24) is 0 Å². The fraction of sp³-hybridized carbons (Fsp3) is 0.333. The minimum atomic E-state index is 0. The monoisotopic (exact) mass is 156 g/mol. The molecule has 0 saturated carbocycles. The van der Waals surface area contributed by atoms with Crippen LogP contribution in [-0.4, -0.2) is 11.0 Å². The van der Waals surface area contributed by atoms with Crippen molar-refractivity contribution in [3.63, 3.8) is 0 Å². The standard InChI is InChI=1S/C9H12.2H2O/c1-7-4-8(2)6-9(3)5-7;;/h4-6H,1-3H3;2*1H2. The maximum atomic E-state index is 2.19. The van der Waals surface area contributed by atoms with Gasteiger partial charge >= 0.3 is 0 Å². The summed E-state index contributed by atoms with van der Waals surface area (Å²) in [5.74, 6) is 0. The Bertz CT molecular complexity index is 168. The van der Waals surface area contributed by atoms with E-state index in [1.54, 1.807) is 0 Å². The van der Waals surface area contributed by atoms with E-state index in [0.29, 0.717) is 0 Å². The molecule has 0 aliphatic carbocycles. The molecule has 1 aromatic rings. The van der Waals surface area contributed by atoms with Crippen LogP contribution in [0.25, 0.3) is 0 Å². The Morgan fingerprint density at radius 2 is 0.818 bits per heavy atom. The molecule has 0 aliphatic heterocycles. The second kappa shape index (κ2) is 4.88. The van der Waals surface area contributed by atoms with Gasteiger partial charge in [0.2, 0.25) is 0 Å². The molecule has 0 radical (unpaired) electrons. The first-order valence-electron chi connectivity index (χ1n) is 3.23. The molecular weight excluding hydrogens is 140 g/mol. The Kier molecular flexibility index (Phi) is 5.67. The highest BCUT2D eigenvalue weighted by Gasteiger charge is 1.87. The second-order valence-electron chi connectivity index (χ2n) is 2.67. The molecule has 0 bridgehead atoms. The molecule has 2 heteroatoms. The molecule has 11 heavy (non-hydrogen) atoms. The first-order valence-corrected chi connectivity index (χ1v) is 3.23. The van der Waals surface area contributed by atoms with Crippen LogP contribution >= 0.6 is 0 Å². The van der Waals surface area contributed by atoms with E-state index in [9.17, 15) is 0 Å². The highest BCUT2D eigenvalue weighted by molar-refractivity contribution is 5.27. The molecule has 0 aromatic heterocycles. The van der Waals surface area contributed by atoms with Gasteiger partial charge in [-0.3, -0.25) is 0 Å². The van der Waals surface area contributed by atoms with Crippen LogP contribution in [0.2, 0.25) is 0 Å². The lowest BCUT2D eigenvalue weighted by atomic mass is 10.1. The molecule has 0 unspecified atom stereocenters. The molecular formula is C9H16O2. The van der Waals surface area contributed by atoms with E-state index < -0.39 is 0 Å². The lowest BCUT2D eigenvalue weighted by Gasteiger charge is -1.96. The van der Waals surface area contributed by atoms with E-state index in [-0.39, 0.29) is 11.0 Å². The van der Waals surface area contributed by atoms with E-state index in [2.05, 4.69) is 39.0 Å². The third-order valence-electron chi connectivity index (χ3n) is 1.37. The number of hydrogen-bond acceptors (Lipinski definition) is 0. The van der Waals surface area contributed by atoms with Gasteiger partial charge in [-0.2, -0.15) is 0 Å². The van der Waals surface area contributed by atoms with Crippen molar-refractivity contribution in [2.24, 2.45) is 0 Å². The van der Waals surface area contributed by atoms with E-state index >= 15 is 0 Å². The fourth-order valence-electron chi connectivity index (χ4n) is 1.20. The Labute approximate surface area is 67.5 Å². The number of rotatable bonds is 0. The molecule has 4 N–H and O–H groups in total. The fourth-order valence-corrected chi connectivity index (χ4v) is 1.20. The first kappa shape index (κ1) is 12.8. The summed E-state index contributed by atoms with van der Waals surface area (Å²) in [4.78, 5) is 0. The molecule has 2 nitrogen and oxygen atoms in total. The third kappa shape index (κ3) is 3.75. The zero-order valence-corrected chi connectivity index (χ0v) is 7.23. The predicted molar refractivity (Wildman–Crippen MR) is 47.9 cm³/mol. The highest BCUT2D eigenvalue weighted by atomic mass is 16.0. The van der Waals surface area contributed by atoms with Crippen molar-refractivity contribution in [2.45, 2.75) is 20.8 Å². The number of hydrogen-bond donors (Lipinski definition) is 0. The third-order valence-corrected chi connectivity index (χ3v) is 1.37. The summed E-state index contributed by atoms with van der Waals surface area (Å²) in [6, 6.07) is 6.56. The van der Waals surface area contributed by atoms with Gasteiger partial charge in [0.15, 0.2) is 0 Å². The normalized spacial score (nSPS) is 7.91. The molecule has 0 saturated heterocycles. The van der Waals surface area contributed by atoms with Gasteiger partial charge in [-0.1, -0.05) is 34.9 Å². The van der Waals surface area contributed by atoms with E-state index in [4.69, 9.17) is 0 Å². The van der Waals surface area contributed by atoms with E-state index in [1.807, 2.05) is 0 Å². The van der Waals surface area contributed by atoms with Gasteiger partial charge in [0, 0.05) is 0 Å². The maximum Gasteiger partial charge on any atom is -0.0398 e. The van der Waals surface area contributed by atoms with Crippen LogP contribution in [0.5, 0.6) is 0 Å². The van der Waals surface area contributed by atoms with Crippen LogP contribution in [-0.2, 0) is 0 Å². The molecule has 1 rings (SSSR count). The van der Waals surface area contributed by atoms with Gasteiger partial charge in [0.25, 0.3) is 0 Å². The van der Waals surface area contributed by atoms with Crippen LogP contribution in [0.3, 0.4) is 0 Å². The molecule has 1 aromatic carbocycles. The summed E-state index contributed by atoms with van der Waals surface area (Å²) in [7, 11) is 0. The van der Waals surface area contributed by atoms with Gasteiger partial charge in [0.1, 0.15) is 0 Å². The lowest BCUT2D eigenvalue weighted by Crippen LogP contribution is -1.78. The maximum absolute atomic E-state index is 2.19. The summed E-state index contributed by atoms with van der Waals surface area (Å²) in [5, 5.41) is 0. The van der Waals surface area contributed by atoms with Crippen molar-refractivity contribution in [3.8, 4) is 0 Å². The van der Waals surface area contributed by atoms with Crippen LogP contribution in [0.4, 0.5) is 0 Å². The van der Waals surface area contributed by atoms with Crippen molar-refractivity contribution in [3.05, 3.63) is 34.9 Å². The van der Waals surface area contributed by atoms with Crippen LogP contribution < -0.4 is 0 Å². The first-order chi connectivity index (χ1) is 4.18. The van der Waals surface area contributed by atoms with Crippen molar-refractivity contribution >= 4 is 0 Å². The van der Waals surface area contributed by atoms with Crippen molar-refractivity contribution in [1.29, 1.82) is 0 Å².